The highest BCUT2D eigenvalue weighted by Gasteiger charge is 2.38. The van der Waals surface area contributed by atoms with Crippen LogP contribution in [0.25, 0.3) is 0 Å². The number of likely N-dealkylation sites (tertiary alicyclic amines) is 1. The lowest BCUT2D eigenvalue weighted by Crippen LogP contribution is -2.51. The van der Waals surface area contributed by atoms with E-state index in [-0.39, 0.29) is 24.6 Å². The van der Waals surface area contributed by atoms with E-state index in [1.165, 1.54) is 0 Å². The van der Waals surface area contributed by atoms with Crippen molar-refractivity contribution in [3.63, 3.8) is 0 Å². The van der Waals surface area contributed by atoms with E-state index in [4.69, 9.17) is 4.74 Å². The largest absolute Gasteiger partial charge is 0.381 e. The molecule has 6 nitrogen and oxygen atoms in total. The smallest absolute Gasteiger partial charge is 0.253 e. The molecule has 7 heteroatoms. The van der Waals surface area contributed by atoms with Gasteiger partial charge in [0.1, 0.15) is 0 Å². The van der Waals surface area contributed by atoms with Crippen LogP contribution in [0.15, 0.2) is 30.3 Å². The van der Waals surface area contributed by atoms with Crippen molar-refractivity contribution in [2.75, 3.05) is 27.2 Å². The SMILES string of the molecule is COC1CCC(N(C)S(=O)(=O)C2CCCN(C(=O)c3ccccc3)C2)CC1. The number of amides is 1. The first kappa shape index (κ1) is 20.3. The minimum atomic E-state index is -3.44. The number of rotatable bonds is 5. The summed E-state index contributed by atoms with van der Waals surface area (Å²) in [5.74, 6) is -0.0845. The number of hydrogen-bond donors (Lipinski definition) is 0. The molecular weight excluding hydrogens is 364 g/mol. The molecule has 1 aromatic carbocycles. The molecule has 0 radical (unpaired) electrons. The fourth-order valence-electron chi connectivity index (χ4n) is 4.22. The van der Waals surface area contributed by atoms with E-state index in [0.29, 0.717) is 24.9 Å². The number of piperidine rings is 1. The van der Waals surface area contributed by atoms with Crippen LogP contribution in [0.4, 0.5) is 0 Å². The van der Waals surface area contributed by atoms with Gasteiger partial charge in [-0.1, -0.05) is 18.2 Å². The van der Waals surface area contributed by atoms with E-state index in [1.807, 2.05) is 18.2 Å². The summed E-state index contributed by atoms with van der Waals surface area (Å²) >= 11 is 0. The molecule has 0 N–H and O–H groups in total. The van der Waals surface area contributed by atoms with Crippen LogP contribution in [0, 0.1) is 0 Å². The molecule has 3 rings (SSSR count). The first-order valence-electron chi connectivity index (χ1n) is 9.77. The molecule has 1 aromatic rings. The number of carbonyl (C=O) groups is 1. The highest BCUT2D eigenvalue weighted by Crippen LogP contribution is 2.29. The van der Waals surface area contributed by atoms with E-state index in [9.17, 15) is 13.2 Å². The van der Waals surface area contributed by atoms with E-state index < -0.39 is 15.3 Å². The molecule has 0 aromatic heterocycles. The fourth-order valence-corrected chi connectivity index (χ4v) is 6.15. The van der Waals surface area contributed by atoms with Gasteiger partial charge < -0.3 is 9.64 Å². The number of methoxy groups -OCH3 is 1. The van der Waals surface area contributed by atoms with Crippen LogP contribution in [0.5, 0.6) is 0 Å². The second-order valence-corrected chi connectivity index (χ2v) is 9.88. The Kier molecular flexibility index (Phi) is 6.55. The number of sulfonamides is 1. The van der Waals surface area contributed by atoms with Gasteiger partial charge in [-0.05, 0) is 50.7 Å². The van der Waals surface area contributed by atoms with Gasteiger partial charge in [-0.3, -0.25) is 4.79 Å². The zero-order chi connectivity index (χ0) is 19.4. The quantitative estimate of drug-likeness (QED) is 0.770. The lowest BCUT2D eigenvalue weighted by Gasteiger charge is -2.38. The summed E-state index contributed by atoms with van der Waals surface area (Å²) in [4.78, 5) is 14.4. The first-order valence-corrected chi connectivity index (χ1v) is 11.3. The summed E-state index contributed by atoms with van der Waals surface area (Å²) in [6.45, 7) is 0.885. The third-order valence-electron chi connectivity index (χ3n) is 6.00. The Hall–Kier alpha value is -1.44. The maximum absolute atomic E-state index is 13.2. The Morgan fingerprint density at radius 3 is 2.41 bits per heavy atom. The second-order valence-electron chi connectivity index (χ2n) is 7.61. The Morgan fingerprint density at radius 2 is 1.78 bits per heavy atom. The van der Waals surface area contributed by atoms with Crippen molar-refractivity contribution >= 4 is 15.9 Å². The molecule has 1 saturated carbocycles. The van der Waals surface area contributed by atoms with E-state index in [2.05, 4.69) is 0 Å². The molecule has 2 fully saturated rings. The van der Waals surface area contributed by atoms with Gasteiger partial charge in [0.15, 0.2) is 0 Å². The van der Waals surface area contributed by atoms with Crippen LogP contribution in [0.3, 0.4) is 0 Å². The molecule has 0 bridgehead atoms. The van der Waals surface area contributed by atoms with Crippen molar-refractivity contribution in [2.24, 2.45) is 0 Å². The van der Waals surface area contributed by atoms with Crippen LogP contribution in [0.2, 0.25) is 0 Å². The Bertz CT molecular complexity index is 730. The Morgan fingerprint density at radius 1 is 1.11 bits per heavy atom. The minimum absolute atomic E-state index is 0.0293. The second kappa shape index (κ2) is 8.71. The van der Waals surface area contributed by atoms with Gasteiger partial charge in [0.05, 0.1) is 11.4 Å². The first-order chi connectivity index (χ1) is 12.9. The van der Waals surface area contributed by atoms with Crippen LogP contribution >= 0.6 is 0 Å². The number of nitrogens with zero attached hydrogens (tertiary/aromatic N) is 2. The molecule has 1 unspecified atom stereocenters. The summed E-state index contributed by atoms with van der Waals surface area (Å²) in [6, 6.07) is 9.11. The molecule has 1 aliphatic carbocycles. The fraction of sp³-hybridized carbons (Fsp3) is 0.650. The van der Waals surface area contributed by atoms with Crippen molar-refractivity contribution in [2.45, 2.75) is 55.9 Å². The molecule has 1 atom stereocenters. The van der Waals surface area contributed by atoms with Crippen LogP contribution in [0.1, 0.15) is 48.9 Å². The summed E-state index contributed by atoms with van der Waals surface area (Å²) in [5.41, 5.74) is 0.613. The van der Waals surface area contributed by atoms with Crippen molar-refractivity contribution < 1.29 is 17.9 Å². The molecule has 150 valence electrons. The molecule has 27 heavy (non-hydrogen) atoms. The molecule has 1 aliphatic heterocycles. The highest BCUT2D eigenvalue weighted by atomic mass is 32.2. The molecule has 2 aliphatic rings. The Labute approximate surface area is 162 Å². The third-order valence-corrected chi connectivity index (χ3v) is 8.33. The standard InChI is InChI=1S/C20H30N2O4S/c1-21(17-10-12-18(26-2)13-11-17)27(24,25)19-9-6-14-22(15-19)20(23)16-7-4-3-5-8-16/h3-5,7-8,17-19H,6,9-15H2,1-2H3. The number of ether oxygens (including phenoxy) is 1. The van der Waals surface area contributed by atoms with E-state index in [0.717, 1.165) is 25.7 Å². The maximum atomic E-state index is 13.2. The average molecular weight is 395 g/mol. The zero-order valence-corrected chi connectivity index (χ0v) is 17.0. The predicted molar refractivity (Wildman–Crippen MR) is 105 cm³/mol. The topological polar surface area (TPSA) is 66.9 Å². The molecule has 1 saturated heterocycles. The van der Waals surface area contributed by atoms with Crippen LogP contribution in [-0.2, 0) is 14.8 Å². The van der Waals surface area contributed by atoms with Gasteiger partial charge in [0.2, 0.25) is 10.0 Å². The third kappa shape index (κ3) is 4.52. The maximum Gasteiger partial charge on any atom is 0.253 e. The number of hydrogen-bond acceptors (Lipinski definition) is 4. The van der Waals surface area contributed by atoms with Crippen LogP contribution < -0.4 is 0 Å². The number of benzene rings is 1. The molecular formula is C20H30N2O4S. The van der Waals surface area contributed by atoms with Gasteiger partial charge in [-0.15, -0.1) is 0 Å². The normalized spacial score (nSPS) is 26.9. The molecule has 1 heterocycles. The lowest BCUT2D eigenvalue weighted by molar-refractivity contribution is 0.0549. The van der Waals surface area contributed by atoms with Crippen molar-refractivity contribution in [3.05, 3.63) is 35.9 Å². The minimum Gasteiger partial charge on any atom is -0.381 e. The summed E-state index contributed by atoms with van der Waals surface area (Å²) in [7, 11) is -0.0223. The van der Waals surface area contributed by atoms with Gasteiger partial charge >= 0.3 is 0 Å². The van der Waals surface area contributed by atoms with E-state index in [1.54, 1.807) is 35.5 Å². The molecule has 1 amide bonds. The lowest BCUT2D eigenvalue weighted by atomic mass is 9.93. The van der Waals surface area contributed by atoms with E-state index >= 15 is 0 Å². The monoisotopic (exact) mass is 394 g/mol. The zero-order valence-electron chi connectivity index (χ0n) is 16.2. The van der Waals surface area contributed by atoms with Gasteiger partial charge in [0.25, 0.3) is 5.91 Å². The highest BCUT2D eigenvalue weighted by molar-refractivity contribution is 7.89. The van der Waals surface area contributed by atoms with Gasteiger partial charge in [-0.25, -0.2) is 12.7 Å². The van der Waals surface area contributed by atoms with Crippen LogP contribution in [-0.4, -0.2) is 68.2 Å². The summed E-state index contributed by atoms with van der Waals surface area (Å²) < 4.78 is 33.4. The van der Waals surface area contributed by atoms with Gasteiger partial charge in [-0.2, -0.15) is 0 Å². The van der Waals surface area contributed by atoms with Crippen molar-refractivity contribution in [1.29, 1.82) is 0 Å². The Balaban J connectivity index is 1.66. The van der Waals surface area contributed by atoms with Crippen molar-refractivity contribution in [1.82, 2.24) is 9.21 Å². The average Bonchev–Trinajstić information content (AvgIpc) is 2.73. The molecule has 0 spiro atoms. The van der Waals surface area contributed by atoms with Crippen molar-refractivity contribution in [3.8, 4) is 0 Å². The van der Waals surface area contributed by atoms with Gasteiger partial charge in [0, 0.05) is 38.9 Å². The summed E-state index contributed by atoms with van der Waals surface area (Å²) in [5, 5.41) is -0.524. The number of carbonyl (C=O) groups excluding carboxylic acids is 1. The summed E-state index contributed by atoms with van der Waals surface area (Å²) in [6.07, 6.45) is 5.01. The predicted octanol–water partition coefficient (Wildman–Crippen LogP) is 2.51.